The molecule has 1 saturated heterocycles. The van der Waals surface area contributed by atoms with Crippen LogP contribution >= 0.6 is 0 Å². The third-order valence-electron chi connectivity index (χ3n) is 6.63. The molecule has 33 heavy (non-hydrogen) atoms. The molecule has 2 aromatic carbocycles. The van der Waals surface area contributed by atoms with Crippen LogP contribution in [0.25, 0.3) is 11.1 Å². The van der Waals surface area contributed by atoms with Gasteiger partial charge in [-0.15, -0.1) is 0 Å². The normalized spacial score (nSPS) is 18.3. The standard InChI is InChI=1S/C26H38N2O3Si2/c1-26(2)22(23(29)28(26)25(32(3,4)5)33(6,7)8)27(24(30)31)18-19-14-16-21(17-15-19)20-12-10-9-11-13-20/h9-17,22,25H,18H2,1-8H3,(H,30,31)/t22-/m1/s1. The molecule has 1 atom stereocenters. The third-order valence-corrected chi connectivity index (χ3v) is 15.6. The Morgan fingerprint density at radius 3 is 1.85 bits per heavy atom. The van der Waals surface area contributed by atoms with Gasteiger partial charge in [-0.05, 0) is 30.5 Å². The van der Waals surface area contributed by atoms with Crippen molar-refractivity contribution in [2.24, 2.45) is 0 Å². The summed E-state index contributed by atoms with van der Waals surface area (Å²) in [4.78, 5) is 29.2. The Labute approximate surface area is 200 Å². The van der Waals surface area contributed by atoms with E-state index in [1.165, 1.54) is 4.90 Å². The van der Waals surface area contributed by atoms with Gasteiger partial charge in [0.2, 0.25) is 5.91 Å². The molecule has 1 aliphatic heterocycles. The molecule has 1 aliphatic rings. The van der Waals surface area contributed by atoms with Crippen molar-refractivity contribution in [2.45, 2.75) is 76.5 Å². The zero-order valence-corrected chi connectivity index (χ0v) is 23.2. The van der Waals surface area contributed by atoms with E-state index in [9.17, 15) is 14.7 Å². The molecule has 0 saturated carbocycles. The summed E-state index contributed by atoms with van der Waals surface area (Å²) < 4.78 is 0. The highest BCUT2D eigenvalue weighted by Gasteiger charge is 2.63. The largest absolute Gasteiger partial charge is 0.465 e. The molecule has 2 amide bonds. The fourth-order valence-corrected chi connectivity index (χ4v) is 18.6. The Morgan fingerprint density at radius 2 is 1.42 bits per heavy atom. The van der Waals surface area contributed by atoms with E-state index in [0.29, 0.717) is 0 Å². The summed E-state index contributed by atoms with van der Waals surface area (Å²) in [6.07, 6.45) is -1.05. The Bertz CT molecular complexity index is 995. The first kappa shape index (κ1) is 25.2. The number of likely N-dealkylation sites (tertiary alicyclic amines) is 1. The maximum atomic E-state index is 13.6. The van der Waals surface area contributed by atoms with Crippen LogP contribution < -0.4 is 0 Å². The van der Waals surface area contributed by atoms with E-state index < -0.39 is 33.8 Å². The van der Waals surface area contributed by atoms with Crippen LogP contribution in [0.4, 0.5) is 4.79 Å². The lowest BCUT2D eigenvalue weighted by Gasteiger charge is -2.63. The lowest BCUT2D eigenvalue weighted by Crippen LogP contribution is -2.84. The summed E-state index contributed by atoms with van der Waals surface area (Å²) in [5.74, 6) is -0.0434. The van der Waals surface area contributed by atoms with E-state index >= 15 is 0 Å². The predicted octanol–water partition coefficient (Wildman–Crippen LogP) is 5.95. The van der Waals surface area contributed by atoms with Crippen LogP contribution in [0.5, 0.6) is 0 Å². The van der Waals surface area contributed by atoms with Crippen LogP contribution in [0, 0.1) is 0 Å². The minimum absolute atomic E-state index is 0.0434. The van der Waals surface area contributed by atoms with Crippen LogP contribution in [-0.4, -0.2) is 59.9 Å². The fourth-order valence-electron chi connectivity index (χ4n) is 5.73. The second-order valence-electron chi connectivity index (χ2n) is 11.9. The maximum absolute atomic E-state index is 13.6. The number of amides is 2. The average Bonchev–Trinajstić information content (AvgIpc) is 2.70. The van der Waals surface area contributed by atoms with Crippen LogP contribution in [0.1, 0.15) is 19.4 Å². The van der Waals surface area contributed by atoms with Crippen molar-refractivity contribution in [3.05, 3.63) is 60.2 Å². The minimum atomic E-state index is -1.69. The van der Waals surface area contributed by atoms with Crippen molar-refractivity contribution in [3.63, 3.8) is 0 Å². The van der Waals surface area contributed by atoms with Crippen molar-refractivity contribution in [2.75, 3.05) is 0 Å². The Morgan fingerprint density at radius 1 is 0.939 bits per heavy atom. The van der Waals surface area contributed by atoms with Crippen LogP contribution in [-0.2, 0) is 11.3 Å². The highest BCUT2D eigenvalue weighted by atomic mass is 28.4. The van der Waals surface area contributed by atoms with Gasteiger partial charge in [0, 0.05) is 11.8 Å². The molecule has 1 N–H and O–H groups in total. The first-order valence-electron chi connectivity index (χ1n) is 11.6. The summed E-state index contributed by atoms with van der Waals surface area (Å²) in [5, 5.41) is 10.3. The van der Waals surface area contributed by atoms with Crippen LogP contribution in [0.2, 0.25) is 39.3 Å². The van der Waals surface area contributed by atoms with Crippen molar-refractivity contribution >= 4 is 28.1 Å². The van der Waals surface area contributed by atoms with E-state index in [4.69, 9.17) is 0 Å². The van der Waals surface area contributed by atoms with Gasteiger partial charge < -0.3 is 10.0 Å². The number of nitrogens with zero attached hydrogens (tertiary/aromatic N) is 2. The van der Waals surface area contributed by atoms with Gasteiger partial charge in [0.25, 0.3) is 0 Å². The first-order valence-corrected chi connectivity index (χ1v) is 18.8. The summed E-state index contributed by atoms with van der Waals surface area (Å²) >= 11 is 0. The molecule has 0 unspecified atom stereocenters. The molecular weight excluding hydrogens is 444 g/mol. The van der Waals surface area contributed by atoms with Crippen molar-refractivity contribution < 1.29 is 14.7 Å². The quantitative estimate of drug-likeness (QED) is 0.392. The molecule has 0 aliphatic carbocycles. The van der Waals surface area contributed by atoms with E-state index in [1.54, 1.807) is 0 Å². The molecule has 1 heterocycles. The van der Waals surface area contributed by atoms with Gasteiger partial charge in [-0.3, -0.25) is 9.69 Å². The van der Waals surface area contributed by atoms with Crippen molar-refractivity contribution in [1.82, 2.24) is 9.80 Å². The Hall–Kier alpha value is -2.39. The fraction of sp³-hybridized carbons (Fsp3) is 0.462. The molecule has 1 fully saturated rings. The highest BCUT2D eigenvalue weighted by Crippen LogP contribution is 2.42. The number of carbonyl (C=O) groups excluding carboxylic acids is 1. The summed E-state index contributed by atoms with van der Waals surface area (Å²) in [6.45, 7) is 18.1. The number of hydrogen-bond acceptors (Lipinski definition) is 2. The second kappa shape index (κ2) is 8.76. The van der Waals surface area contributed by atoms with Gasteiger partial charge in [0.1, 0.15) is 6.04 Å². The minimum Gasteiger partial charge on any atom is -0.465 e. The average molecular weight is 483 g/mol. The van der Waals surface area contributed by atoms with Crippen molar-refractivity contribution in [3.8, 4) is 11.1 Å². The lowest BCUT2D eigenvalue weighted by atomic mass is 9.81. The molecule has 0 spiro atoms. The van der Waals surface area contributed by atoms with Gasteiger partial charge >= 0.3 is 6.09 Å². The molecule has 0 radical (unpaired) electrons. The molecule has 3 rings (SSSR count). The van der Waals surface area contributed by atoms with Gasteiger partial charge in [-0.1, -0.05) is 93.9 Å². The maximum Gasteiger partial charge on any atom is 0.408 e. The smallest absolute Gasteiger partial charge is 0.408 e. The number of carboxylic acid groups (broad SMARTS) is 1. The number of carbonyl (C=O) groups is 2. The van der Waals surface area contributed by atoms with E-state index in [-0.39, 0.29) is 17.7 Å². The topological polar surface area (TPSA) is 60.9 Å². The number of hydrogen-bond donors (Lipinski definition) is 1. The molecule has 0 aromatic heterocycles. The summed E-state index contributed by atoms with van der Waals surface area (Å²) in [6, 6.07) is 17.4. The third kappa shape index (κ3) is 4.94. The van der Waals surface area contributed by atoms with E-state index in [0.717, 1.165) is 16.7 Å². The zero-order chi connectivity index (χ0) is 24.8. The van der Waals surface area contributed by atoms with Gasteiger partial charge in [-0.25, -0.2) is 4.79 Å². The lowest BCUT2D eigenvalue weighted by molar-refractivity contribution is -0.169. The predicted molar refractivity (Wildman–Crippen MR) is 141 cm³/mol. The van der Waals surface area contributed by atoms with Crippen LogP contribution in [0.15, 0.2) is 54.6 Å². The Kier molecular flexibility index (Phi) is 6.70. The highest BCUT2D eigenvalue weighted by molar-refractivity contribution is 6.96. The number of benzene rings is 2. The molecule has 0 bridgehead atoms. The van der Waals surface area contributed by atoms with Crippen molar-refractivity contribution in [1.29, 1.82) is 0 Å². The Balaban J connectivity index is 1.86. The van der Waals surface area contributed by atoms with Gasteiger partial charge in [0.05, 0.1) is 21.7 Å². The number of β-lactam (4-membered cyclic amide) rings is 1. The second-order valence-corrected chi connectivity index (χ2v) is 23.0. The summed E-state index contributed by atoms with van der Waals surface area (Å²) in [5.41, 5.74) is 2.55. The molecule has 2 aromatic rings. The molecule has 7 heteroatoms. The molecular formula is C26H38N2O3Si2. The van der Waals surface area contributed by atoms with E-state index in [2.05, 4.69) is 51.4 Å². The van der Waals surface area contributed by atoms with E-state index in [1.807, 2.05) is 61.2 Å². The first-order chi connectivity index (χ1) is 15.2. The monoisotopic (exact) mass is 482 g/mol. The summed E-state index contributed by atoms with van der Waals surface area (Å²) in [7, 11) is -3.38. The number of rotatable bonds is 7. The molecule has 5 nitrogen and oxygen atoms in total. The zero-order valence-electron chi connectivity index (χ0n) is 21.2. The van der Waals surface area contributed by atoms with Crippen LogP contribution in [0.3, 0.4) is 0 Å². The molecule has 178 valence electrons. The van der Waals surface area contributed by atoms with Gasteiger partial charge in [0.15, 0.2) is 0 Å². The van der Waals surface area contributed by atoms with Gasteiger partial charge in [-0.2, -0.15) is 0 Å². The SMILES string of the molecule is CC1(C)[C@H](N(Cc2ccc(-c3ccccc3)cc2)C(=O)O)C(=O)N1C([Si](C)(C)C)[Si](C)(C)C.